The van der Waals surface area contributed by atoms with Gasteiger partial charge in [-0.3, -0.25) is 0 Å². The summed E-state index contributed by atoms with van der Waals surface area (Å²) in [6, 6.07) is 1.76. The number of carbonyl (C=O) groups excluding carboxylic acids is 1. The molecule has 7 heteroatoms. The predicted molar refractivity (Wildman–Crippen MR) is 60.1 cm³/mol. The van der Waals surface area contributed by atoms with Crippen molar-refractivity contribution in [3.05, 3.63) is 17.3 Å². The van der Waals surface area contributed by atoms with E-state index in [4.69, 9.17) is 14.0 Å². The number of aromatic nitrogens is 2. The molecule has 0 unspecified atom stereocenters. The molecule has 0 aliphatic heterocycles. The molecular formula is C10H10N2O4S. The highest BCUT2D eigenvalue weighted by molar-refractivity contribution is 7.13. The van der Waals surface area contributed by atoms with Crippen molar-refractivity contribution >= 4 is 17.3 Å². The molecule has 90 valence electrons. The predicted octanol–water partition coefficient (Wildman–Crippen LogP) is 1.98. The molecule has 0 amide bonds. The molecule has 2 rings (SSSR count). The largest absolute Gasteiger partial charge is 0.496 e. The number of rotatable bonds is 4. The molecule has 0 atom stereocenters. The van der Waals surface area contributed by atoms with E-state index in [9.17, 15) is 4.79 Å². The molecular weight excluding hydrogens is 244 g/mol. The number of hydrogen-bond acceptors (Lipinski definition) is 7. The normalized spacial score (nSPS) is 10.2. The van der Waals surface area contributed by atoms with Gasteiger partial charge in [-0.2, -0.15) is 4.98 Å². The molecule has 17 heavy (non-hydrogen) atoms. The molecule has 0 saturated carbocycles. The highest BCUT2D eigenvalue weighted by Crippen LogP contribution is 2.29. The summed E-state index contributed by atoms with van der Waals surface area (Å²) in [5.41, 5.74) is 0. The van der Waals surface area contributed by atoms with Crippen molar-refractivity contribution < 1.29 is 18.8 Å². The van der Waals surface area contributed by atoms with Gasteiger partial charge in [0.25, 0.3) is 11.7 Å². The van der Waals surface area contributed by atoms with E-state index in [1.54, 1.807) is 20.1 Å². The Labute approximate surface area is 101 Å². The summed E-state index contributed by atoms with van der Waals surface area (Å²) < 4.78 is 14.8. The van der Waals surface area contributed by atoms with Gasteiger partial charge in [0.05, 0.1) is 18.6 Å². The Balaban J connectivity index is 2.20. The lowest BCUT2D eigenvalue weighted by molar-refractivity contribution is 0.0508. The first-order valence-corrected chi connectivity index (χ1v) is 5.76. The molecule has 0 bridgehead atoms. The van der Waals surface area contributed by atoms with Crippen LogP contribution in [0.25, 0.3) is 10.8 Å². The monoisotopic (exact) mass is 254 g/mol. The molecule has 0 aliphatic carbocycles. The Hall–Kier alpha value is -1.89. The standard InChI is InChI=1S/C10H10N2O4S/c1-3-15-10(13)8-11-9(16-12-8)7-4-6(14-2)5-17-7/h4-5H,3H2,1-2H3. The van der Waals surface area contributed by atoms with Gasteiger partial charge in [0, 0.05) is 11.4 Å². The second-order valence-electron chi connectivity index (χ2n) is 2.99. The Morgan fingerprint density at radius 2 is 2.41 bits per heavy atom. The van der Waals surface area contributed by atoms with Crippen LogP contribution in [0.2, 0.25) is 0 Å². The second kappa shape index (κ2) is 4.96. The number of nitrogens with zero attached hydrogens (tertiary/aromatic N) is 2. The van der Waals surface area contributed by atoms with Crippen LogP contribution in [-0.4, -0.2) is 29.8 Å². The molecule has 2 heterocycles. The van der Waals surface area contributed by atoms with E-state index in [1.165, 1.54) is 11.3 Å². The molecule has 0 saturated heterocycles. The average molecular weight is 254 g/mol. The molecule has 0 radical (unpaired) electrons. The highest BCUT2D eigenvalue weighted by atomic mass is 32.1. The second-order valence-corrected chi connectivity index (χ2v) is 3.91. The van der Waals surface area contributed by atoms with Crippen LogP contribution in [0.4, 0.5) is 0 Å². The fourth-order valence-corrected chi connectivity index (χ4v) is 1.92. The first kappa shape index (κ1) is 11.6. The van der Waals surface area contributed by atoms with E-state index < -0.39 is 5.97 Å². The Morgan fingerprint density at radius 1 is 1.59 bits per heavy atom. The lowest BCUT2D eigenvalue weighted by Gasteiger charge is -1.93. The fourth-order valence-electron chi connectivity index (χ4n) is 1.14. The maximum Gasteiger partial charge on any atom is 0.379 e. The van der Waals surface area contributed by atoms with Crippen LogP contribution < -0.4 is 4.74 Å². The summed E-state index contributed by atoms with van der Waals surface area (Å²) in [5.74, 6) is 0.322. The van der Waals surface area contributed by atoms with Crippen molar-refractivity contribution in [1.82, 2.24) is 10.1 Å². The van der Waals surface area contributed by atoms with Crippen LogP contribution in [0.5, 0.6) is 5.75 Å². The summed E-state index contributed by atoms with van der Waals surface area (Å²) in [6.07, 6.45) is 0. The van der Waals surface area contributed by atoms with Crippen LogP contribution in [0, 0.1) is 0 Å². The third-order valence-corrected chi connectivity index (χ3v) is 2.80. The van der Waals surface area contributed by atoms with Crippen LogP contribution in [0.1, 0.15) is 17.5 Å². The van der Waals surface area contributed by atoms with Gasteiger partial charge in [-0.15, -0.1) is 11.3 Å². The Bertz CT molecular complexity index is 520. The average Bonchev–Trinajstić information content (AvgIpc) is 2.98. The number of methoxy groups -OCH3 is 1. The molecule has 0 spiro atoms. The highest BCUT2D eigenvalue weighted by Gasteiger charge is 2.17. The molecule has 0 aromatic carbocycles. The summed E-state index contributed by atoms with van der Waals surface area (Å²) in [7, 11) is 1.57. The maximum absolute atomic E-state index is 11.3. The number of carbonyl (C=O) groups is 1. The summed E-state index contributed by atoms with van der Waals surface area (Å²) in [4.78, 5) is 16.0. The first-order valence-electron chi connectivity index (χ1n) is 4.88. The van der Waals surface area contributed by atoms with Gasteiger partial charge >= 0.3 is 5.97 Å². The van der Waals surface area contributed by atoms with Crippen LogP contribution in [-0.2, 0) is 4.74 Å². The third kappa shape index (κ3) is 2.44. The third-order valence-electron chi connectivity index (χ3n) is 1.91. The number of hydrogen-bond donors (Lipinski definition) is 0. The van der Waals surface area contributed by atoms with E-state index >= 15 is 0 Å². The van der Waals surface area contributed by atoms with Gasteiger partial charge in [-0.25, -0.2) is 4.79 Å². The van der Waals surface area contributed by atoms with Crippen molar-refractivity contribution in [2.75, 3.05) is 13.7 Å². The molecule has 6 nitrogen and oxygen atoms in total. The first-order chi connectivity index (χ1) is 8.24. The number of ether oxygens (including phenoxy) is 2. The topological polar surface area (TPSA) is 74.5 Å². The summed E-state index contributed by atoms with van der Waals surface area (Å²) in [5, 5.41) is 5.36. The zero-order valence-corrected chi connectivity index (χ0v) is 10.1. The maximum atomic E-state index is 11.3. The number of esters is 1. The minimum atomic E-state index is -0.592. The van der Waals surface area contributed by atoms with Crippen LogP contribution in [0.3, 0.4) is 0 Å². The zero-order valence-electron chi connectivity index (χ0n) is 9.30. The van der Waals surface area contributed by atoms with Gasteiger partial charge in [-0.05, 0) is 12.1 Å². The van der Waals surface area contributed by atoms with Gasteiger partial charge in [-0.1, -0.05) is 0 Å². The van der Waals surface area contributed by atoms with Gasteiger partial charge in [0.1, 0.15) is 5.75 Å². The number of thiophene rings is 1. The van der Waals surface area contributed by atoms with E-state index in [1.807, 2.05) is 5.38 Å². The lowest BCUT2D eigenvalue weighted by Crippen LogP contribution is -2.06. The van der Waals surface area contributed by atoms with E-state index in [0.29, 0.717) is 5.75 Å². The Morgan fingerprint density at radius 3 is 3.06 bits per heavy atom. The molecule has 2 aromatic heterocycles. The minimum Gasteiger partial charge on any atom is -0.496 e. The molecule has 0 N–H and O–H groups in total. The fraction of sp³-hybridized carbons (Fsp3) is 0.300. The van der Waals surface area contributed by atoms with Gasteiger partial charge < -0.3 is 14.0 Å². The van der Waals surface area contributed by atoms with Gasteiger partial charge in [0.2, 0.25) is 0 Å². The van der Waals surface area contributed by atoms with E-state index in [0.717, 1.165) is 4.88 Å². The van der Waals surface area contributed by atoms with Gasteiger partial charge in [0.15, 0.2) is 0 Å². The van der Waals surface area contributed by atoms with E-state index in [-0.39, 0.29) is 18.3 Å². The SMILES string of the molecule is CCOC(=O)c1noc(-c2cc(OC)cs2)n1. The van der Waals surface area contributed by atoms with Crippen molar-refractivity contribution in [3.8, 4) is 16.5 Å². The van der Waals surface area contributed by atoms with Crippen LogP contribution in [0.15, 0.2) is 16.0 Å². The summed E-state index contributed by atoms with van der Waals surface area (Å²) in [6.45, 7) is 1.98. The Kier molecular flexibility index (Phi) is 3.38. The molecule has 0 fully saturated rings. The van der Waals surface area contributed by atoms with Crippen molar-refractivity contribution in [2.24, 2.45) is 0 Å². The van der Waals surface area contributed by atoms with Crippen molar-refractivity contribution in [3.63, 3.8) is 0 Å². The van der Waals surface area contributed by atoms with Crippen molar-refractivity contribution in [1.29, 1.82) is 0 Å². The molecule has 0 aliphatic rings. The van der Waals surface area contributed by atoms with Crippen molar-refractivity contribution in [2.45, 2.75) is 6.92 Å². The van der Waals surface area contributed by atoms with E-state index in [2.05, 4.69) is 10.1 Å². The smallest absolute Gasteiger partial charge is 0.379 e. The summed E-state index contributed by atoms with van der Waals surface area (Å²) >= 11 is 1.39. The molecule has 2 aromatic rings. The lowest BCUT2D eigenvalue weighted by atomic mass is 10.4. The zero-order chi connectivity index (χ0) is 12.3. The quantitative estimate of drug-likeness (QED) is 0.777. The van der Waals surface area contributed by atoms with Crippen LogP contribution >= 0.6 is 11.3 Å². The minimum absolute atomic E-state index is 0.0748.